The fourth-order valence-electron chi connectivity index (χ4n) is 3.22. The molecule has 2 fully saturated rings. The highest BCUT2D eigenvalue weighted by atomic mass is 16.1. The molecule has 1 heterocycles. The first-order valence-electron chi connectivity index (χ1n) is 7.37. The number of carbonyl (C=O) groups is 1. The molecular formula is C14H27N3O. The quantitative estimate of drug-likeness (QED) is 0.792. The normalized spacial score (nSPS) is 31.2. The van der Waals surface area contributed by atoms with E-state index in [9.17, 15) is 4.79 Å². The minimum absolute atomic E-state index is 0.239. The van der Waals surface area contributed by atoms with Gasteiger partial charge in [-0.25, -0.2) is 0 Å². The van der Waals surface area contributed by atoms with E-state index in [1.54, 1.807) is 0 Å². The molecule has 1 aliphatic carbocycles. The summed E-state index contributed by atoms with van der Waals surface area (Å²) in [6.45, 7) is 2.19. The maximum Gasteiger partial charge on any atom is 0.220 e. The van der Waals surface area contributed by atoms with Crippen LogP contribution in [0.2, 0.25) is 0 Å². The number of hydrogen-bond acceptors (Lipinski definition) is 3. The van der Waals surface area contributed by atoms with Crippen molar-refractivity contribution in [1.29, 1.82) is 0 Å². The standard InChI is InChI=1S/C14H27N3O/c1-17-7-5-13(6-8-17)16-14(18)10-11-3-2-4-12(15)9-11/h11-13H,2-10,15H2,1H3,(H,16,18). The topological polar surface area (TPSA) is 58.4 Å². The van der Waals surface area contributed by atoms with Crippen LogP contribution in [0.25, 0.3) is 0 Å². The minimum Gasteiger partial charge on any atom is -0.353 e. The third-order valence-electron chi connectivity index (χ3n) is 4.38. The molecule has 1 amide bonds. The van der Waals surface area contributed by atoms with E-state index >= 15 is 0 Å². The molecule has 1 saturated carbocycles. The summed E-state index contributed by atoms with van der Waals surface area (Å²) in [7, 11) is 2.14. The first-order valence-corrected chi connectivity index (χ1v) is 7.37. The van der Waals surface area contributed by atoms with Crippen LogP contribution in [0.1, 0.15) is 44.9 Å². The van der Waals surface area contributed by atoms with Gasteiger partial charge >= 0.3 is 0 Å². The summed E-state index contributed by atoms with van der Waals surface area (Å²) in [5.74, 6) is 0.753. The second-order valence-electron chi connectivity index (χ2n) is 6.14. The molecule has 0 aromatic heterocycles. The molecule has 2 aliphatic rings. The lowest BCUT2D eigenvalue weighted by atomic mass is 9.84. The van der Waals surface area contributed by atoms with E-state index in [1.165, 1.54) is 12.8 Å². The van der Waals surface area contributed by atoms with Gasteiger partial charge in [-0.2, -0.15) is 0 Å². The van der Waals surface area contributed by atoms with Crippen molar-refractivity contribution in [3.05, 3.63) is 0 Å². The highest BCUT2D eigenvalue weighted by Crippen LogP contribution is 2.25. The fourth-order valence-corrected chi connectivity index (χ4v) is 3.22. The van der Waals surface area contributed by atoms with Gasteiger partial charge in [0.1, 0.15) is 0 Å². The minimum atomic E-state index is 0.239. The molecule has 2 atom stereocenters. The zero-order valence-electron chi connectivity index (χ0n) is 11.5. The lowest BCUT2D eigenvalue weighted by Gasteiger charge is -2.31. The van der Waals surface area contributed by atoms with E-state index < -0.39 is 0 Å². The van der Waals surface area contributed by atoms with Crippen molar-refractivity contribution in [3.63, 3.8) is 0 Å². The van der Waals surface area contributed by atoms with Gasteiger partial charge in [0.15, 0.2) is 0 Å². The zero-order chi connectivity index (χ0) is 13.0. The predicted molar refractivity (Wildman–Crippen MR) is 73.2 cm³/mol. The summed E-state index contributed by atoms with van der Waals surface area (Å²) in [4.78, 5) is 14.3. The molecule has 104 valence electrons. The molecule has 0 aromatic rings. The van der Waals surface area contributed by atoms with Gasteiger partial charge < -0.3 is 16.0 Å². The number of piperidine rings is 1. The third kappa shape index (κ3) is 4.25. The first kappa shape index (κ1) is 13.8. The molecule has 3 N–H and O–H groups in total. The van der Waals surface area contributed by atoms with Gasteiger partial charge in [0.05, 0.1) is 0 Å². The fraction of sp³-hybridized carbons (Fsp3) is 0.929. The number of rotatable bonds is 3. The number of amides is 1. The largest absolute Gasteiger partial charge is 0.353 e. The summed E-state index contributed by atoms with van der Waals surface area (Å²) >= 11 is 0. The molecule has 4 nitrogen and oxygen atoms in total. The lowest BCUT2D eigenvalue weighted by Crippen LogP contribution is -2.44. The van der Waals surface area contributed by atoms with E-state index in [0.29, 0.717) is 24.4 Å². The van der Waals surface area contributed by atoms with Gasteiger partial charge in [-0.05, 0) is 58.2 Å². The summed E-state index contributed by atoms with van der Waals surface area (Å²) in [6, 6.07) is 0.714. The molecule has 2 unspecified atom stereocenters. The van der Waals surface area contributed by atoms with Gasteiger partial charge in [0, 0.05) is 18.5 Å². The van der Waals surface area contributed by atoms with E-state index in [4.69, 9.17) is 5.73 Å². The third-order valence-corrected chi connectivity index (χ3v) is 4.38. The molecule has 0 radical (unpaired) electrons. The van der Waals surface area contributed by atoms with Crippen molar-refractivity contribution < 1.29 is 4.79 Å². The Labute approximate surface area is 110 Å². The second-order valence-corrected chi connectivity index (χ2v) is 6.14. The van der Waals surface area contributed by atoms with Crippen molar-refractivity contribution >= 4 is 5.91 Å². The van der Waals surface area contributed by atoms with Crippen LogP contribution < -0.4 is 11.1 Å². The SMILES string of the molecule is CN1CCC(NC(=O)CC2CCCC(N)C2)CC1. The van der Waals surface area contributed by atoms with Crippen molar-refractivity contribution in [2.24, 2.45) is 11.7 Å². The van der Waals surface area contributed by atoms with E-state index in [2.05, 4.69) is 17.3 Å². The number of likely N-dealkylation sites (tertiary alicyclic amines) is 1. The van der Waals surface area contributed by atoms with Crippen LogP contribution in [-0.4, -0.2) is 43.0 Å². The van der Waals surface area contributed by atoms with Crippen molar-refractivity contribution in [1.82, 2.24) is 10.2 Å². The number of carbonyl (C=O) groups excluding carboxylic acids is 1. The molecule has 18 heavy (non-hydrogen) atoms. The van der Waals surface area contributed by atoms with Crippen LogP contribution in [0.15, 0.2) is 0 Å². The van der Waals surface area contributed by atoms with Gasteiger partial charge in [-0.15, -0.1) is 0 Å². The Morgan fingerprint density at radius 3 is 2.67 bits per heavy atom. The van der Waals surface area contributed by atoms with Crippen molar-refractivity contribution in [2.75, 3.05) is 20.1 Å². The Kier molecular flexibility index (Phi) is 5.01. The van der Waals surface area contributed by atoms with E-state index in [-0.39, 0.29) is 5.91 Å². The molecular weight excluding hydrogens is 226 g/mol. The van der Waals surface area contributed by atoms with E-state index in [0.717, 1.165) is 38.8 Å². The maximum absolute atomic E-state index is 12.0. The van der Waals surface area contributed by atoms with Crippen molar-refractivity contribution in [2.45, 2.75) is 57.0 Å². The summed E-state index contributed by atoms with van der Waals surface area (Å²) < 4.78 is 0. The monoisotopic (exact) mass is 253 g/mol. The van der Waals surface area contributed by atoms with Crippen LogP contribution in [-0.2, 0) is 4.79 Å². The Morgan fingerprint density at radius 1 is 1.28 bits per heavy atom. The Hall–Kier alpha value is -0.610. The molecule has 0 bridgehead atoms. The summed E-state index contributed by atoms with van der Waals surface area (Å²) in [6.07, 6.45) is 7.38. The average Bonchev–Trinajstić information content (AvgIpc) is 2.32. The van der Waals surface area contributed by atoms with Crippen molar-refractivity contribution in [3.8, 4) is 0 Å². The Bertz CT molecular complexity index is 274. The summed E-state index contributed by atoms with van der Waals surface area (Å²) in [5.41, 5.74) is 5.96. The molecule has 4 heteroatoms. The molecule has 0 spiro atoms. The number of nitrogens with two attached hydrogens (primary N) is 1. The predicted octanol–water partition coefficient (Wildman–Crippen LogP) is 1.10. The second kappa shape index (κ2) is 6.53. The number of nitrogens with zero attached hydrogens (tertiary/aromatic N) is 1. The smallest absolute Gasteiger partial charge is 0.220 e. The van der Waals surface area contributed by atoms with Gasteiger partial charge in [0.25, 0.3) is 0 Å². The molecule has 2 rings (SSSR count). The summed E-state index contributed by atoms with van der Waals surface area (Å²) in [5, 5.41) is 3.20. The first-order chi connectivity index (χ1) is 8.63. The molecule has 0 aromatic carbocycles. The van der Waals surface area contributed by atoms with Crippen LogP contribution in [0.3, 0.4) is 0 Å². The molecule has 1 saturated heterocycles. The average molecular weight is 253 g/mol. The molecule has 1 aliphatic heterocycles. The van der Waals surface area contributed by atoms with Crippen LogP contribution >= 0.6 is 0 Å². The highest BCUT2D eigenvalue weighted by molar-refractivity contribution is 5.76. The van der Waals surface area contributed by atoms with Gasteiger partial charge in [-0.3, -0.25) is 4.79 Å². The number of nitrogens with one attached hydrogen (secondary N) is 1. The highest BCUT2D eigenvalue weighted by Gasteiger charge is 2.23. The van der Waals surface area contributed by atoms with Gasteiger partial charge in [0.2, 0.25) is 5.91 Å². The zero-order valence-corrected chi connectivity index (χ0v) is 11.5. The van der Waals surface area contributed by atoms with E-state index in [1.807, 2.05) is 0 Å². The van der Waals surface area contributed by atoms with Crippen LogP contribution in [0.4, 0.5) is 0 Å². The number of hydrogen-bond donors (Lipinski definition) is 2. The van der Waals surface area contributed by atoms with Gasteiger partial charge in [-0.1, -0.05) is 6.42 Å². The maximum atomic E-state index is 12.0. The Balaban J connectivity index is 1.68. The Morgan fingerprint density at radius 2 is 2.00 bits per heavy atom. The van der Waals surface area contributed by atoms with Crippen LogP contribution in [0, 0.1) is 5.92 Å². The lowest BCUT2D eigenvalue weighted by molar-refractivity contribution is -0.123. The van der Waals surface area contributed by atoms with Crippen LogP contribution in [0.5, 0.6) is 0 Å².